The Morgan fingerprint density at radius 1 is 1.33 bits per heavy atom. The number of aliphatic hydroxyl groups excluding tert-OH is 1. The Balaban J connectivity index is 1.43. The van der Waals surface area contributed by atoms with Gasteiger partial charge in [0.1, 0.15) is 11.9 Å². The lowest BCUT2D eigenvalue weighted by Crippen LogP contribution is -2.39. The summed E-state index contributed by atoms with van der Waals surface area (Å²) in [6.45, 7) is 4.15. The molecule has 2 N–H and O–H groups in total. The molecule has 2 aromatic heterocycles. The molecule has 2 unspecified atom stereocenters. The Morgan fingerprint density at radius 3 is 2.75 bits per heavy atom. The van der Waals surface area contributed by atoms with E-state index in [0.29, 0.717) is 24.1 Å². The SMILES string of the molecule is CCc1noc(C2CCC(NC(C)CC(O)c3ccco3)CC2)n1. The van der Waals surface area contributed by atoms with Gasteiger partial charge in [0.2, 0.25) is 5.89 Å². The Bertz CT molecular complexity index is 603. The maximum absolute atomic E-state index is 10.2. The summed E-state index contributed by atoms with van der Waals surface area (Å²) >= 11 is 0. The summed E-state index contributed by atoms with van der Waals surface area (Å²) in [5.41, 5.74) is 0. The van der Waals surface area contributed by atoms with Gasteiger partial charge in [-0.05, 0) is 51.2 Å². The summed E-state index contributed by atoms with van der Waals surface area (Å²) in [5.74, 6) is 2.62. The summed E-state index contributed by atoms with van der Waals surface area (Å²) in [4.78, 5) is 4.46. The zero-order valence-corrected chi connectivity index (χ0v) is 14.4. The molecule has 0 saturated heterocycles. The van der Waals surface area contributed by atoms with Crippen molar-refractivity contribution in [3.05, 3.63) is 35.9 Å². The first kappa shape index (κ1) is 17.2. The summed E-state index contributed by atoms with van der Waals surface area (Å²) < 4.78 is 10.6. The van der Waals surface area contributed by atoms with Crippen molar-refractivity contribution in [2.45, 2.75) is 76.5 Å². The third-order valence-electron chi connectivity index (χ3n) is 4.85. The topological polar surface area (TPSA) is 84.3 Å². The first-order valence-electron chi connectivity index (χ1n) is 8.95. The number of hydrogen-bond acceptors (Lipinski definition) is 6. The summed E-state index contributed by atoms with van der Waals surface area (Å²) in [6.07, 6.45) is 6.83. The van der Waals surface area contributed by atoms with Gasteiger partial charge in [-0.2, -0.15) is 4.98 Å². The highest BCUT2D eigenvalue weighted by atomic mass is 16.5. The van der Waals surface area contributed by atoms with Crippen LogP contribution in [0.25, 0.3) is 0 Å². The molecular formula is C18H27N3O3. The Kier molecular flexibility index (Phi) is 5.68. The van der Waals surface area contributed by atoms with Crippen LogP contribution in [0.5, 0.6) is 0 Å². The molecular weight excluding hydrogens is 306 g/mol. The fourth-order valence-electron chi connectivity index (χ4n) is 3.49. The molecule has 0 aromatic carbocycles. The lowest BCUT2D eigenvalue weighted by atomic mass is 9.85. The van der Waals surface area contributed by atoms with Gasteiger partial charge in [-0.1, -0.05) is 12.1 Å². The van der Waals surface area contributed by atoms with Gasteiger partial charge in [0.15, 0.2) is 5.82 Å². The van der Waals surface area contributed by atoms with E-state index in [1.165, 1.54) is 0 Å². The van der Waals surface area contributed by atoms with Crippen LogP contribution in [0.2, 0.25) is 0 Å². The molecule has 132 valence electrons. The highest BCUT2D eigenvalue weighted by Crippen LogP contribution is 2.32. The highest BCUT2D eigenvalue weighted by molar-refractivity contribution is 5.02. The normalized spacial score (nSPS) is 24.0. The highest BCUT2D eigenvalue weighted by Gasteiger charge is 2.27. The molecule has 2 atom stereocenters. The average molecular weight is 333 g/mol. The molecule has 1 saturated carbocycles. The molecule has 1 fully saturated rings. The van der Waals surface area contributed by atoms with Crippen molar-refractivity contribution in [3.8, 4) is 0 Å². The van der Waals surface area contributed by atoms with Crippen LogP contribution in [-0.2, 0) is 6.42 Å². The first-order valence-corrected chi connectivity index (χ1v) is 8.95. The smallest absolute Gasteiger partial charge is 0.229 e. The second-order valence-electron chi connectivity index (χ2n) is 6.79. The van der Waals surface area contributed by atoms with Crippen molar-refractivity contribution in [1.29, 1.82) is 0 Å². The molecule has 6 heteroatoms. The van der Waals surface area contributed by atoms with Crippen LogP contribution in [0.3, 0.4) is 0 Å². The maximum atomic E-state index is 10.2. The van der Waals surface area contributed by atoms with Gasteiger partial charge in [0.05, 0.1) is 6.26 Å². The minimum absolute atomic E-state index is 0.238. The molecule has 3 rings (SSSR count). The maximum Gasteiger partial charge on any atom is 0.229 e. The van der Waals surface area contributed by atoms with E-state index >= 15 is 0 Å². The van der Waals surface area contributed by atoms with Crippen LogP contribution in [-0.4, -0.2) is 27.3 Å². The minimum atomic E-state index is -0.551. The zero-order valence-electron chi connectivity index (χ0n) is 14.4. The summed E-state index contributed by atoms with van der Waals surface area (Å²) in [7, 11) is 0. The monoisotopic (exact) mass is 333 g/mol. The Labute approximate surface area is 142 Å². The largest absolute Gasteiger partial charge is 0.467 e. The van der Waals surface area contributed by atoms with Gasteiger partial charge in [0, 0.05) is 24.4 Å². The van der Waals surface area contributed by atoms with E-state index in [1.807, 2.05) is 13.0 Å². The van der Waals surface area contributed by atoms with Gasteiger partial charge < -0.3 is 19.4 Å². The van der Waals surface area contributed by atoms with Crippen molar-refractivity contribution in [2.24, 2.45) is 0 Å². The molecule has 6 nitrogen and oxygen atoms in total. The third kappa shape index (κ3) is 4.24. The van der Waals surface area contributed by atoms with Gasteiger partial charge in [-0.15, -0.1) is 0 Å². The predicted molar refractivity (Wildman–Crippen MR) is 89.6 cm³/mol. The van der Waals surface area contributed by atoms with E-state index in [-0.39, 0.29) is 6.04 Å². The van der Waals surface area contributed by atoms with Gasteiger partial charge in [0.25, 0.3) is 0 Å². The van der Waals surface area contributed by atoms with E-state index in [0.717, 1.165) is 43.8 Å². The molecule has 1 aliphatic rings. The van der Waals surface area contributed by atoms with E-state index in [2.05, 4.69) is 22.4 Å². The van der Waals surface area contributed by atoms with Crippen molar-refractivity contribution in [2.75, 3.05) is 0 Å². The van der Waals surface area contributed by atoms with Crippen molar-refractivity contribution >= 4 is 0 Å². The minimum Gasteiger partial charge on any atom is -0.467 e. The lowest BCUT2D eigenvalue weighted by molar-refractivity contribution is 0.124. The number of hydrogen-bond donors (Lipinski definition) is 2. The Hall–Kier alpha value is -1.66. The van der Waals surface area contributed by atoms with E-state index < -0.39 is 6.10 Å². The summed E-state index contributed by atoms with van der Waals surface area (Å²) in [6, 6.07) is 4.34. The molecule has 2 aromatic rings. The van der Waals surface area contributed by atoms with Crippen LogP contribution in [0.4, 0.5) is 0 Å². The molecule has 0 bridgehead atoms. The van der Waals surface area contributed by atoms with E-state index in [9.17, 15) is 5.11 Å². The van der Waals surface area contributed by atoms with Crippen molar-refractivity contribution in [3.63, 3.8) is 0 Å². The van der Waals surface area contributed by atoms with Crippen LogP contribution in [0.1, 0.15) is 75.4 Å². The fourth-order valence-corrected chi connectivity index (χ4v) is 3.49. The summed E-state index contributed by atoms with van der Waals surface area (Å²) in [5, 5.41) is 17.8. The number of furan rings is 1. The van der Waals surface area contributed by atoms with Gasteiger partial charge in [-0.3, -0.25) is 0 Å². The lowest BCUT2D eigenvalue weighted by Gasteiger charge is -2.30. The number of rotatable bonds is 7. The van der Waals surface area contributed by atoms with Crippen LogP contribution < -0.4 is 5.32 Å². The van der Waals surface area contributed by atoms with Gasteiger partial charge >= 0.3 is 0 Å². The number of aryl methyl sites for hydroxylation is 1. The van der Waals surface area contributed by atoms with Crippen molar-refractivity contribution < 1.29 is 14.0 Å². The second kappa shape index (κ2) is 7.94. The van der Waals surface area contributed by atoms with Gasteiger partial charge in [-0.25, -0.2) is 0 Å². The fraction of sp³-hybridized carbons (Fsp3) is 0.667. The molecule has 0 aliphatic heterocycles. The molecule has 1 aliphatic carbocycles. The molecule has 24 heavy (non-hydrogen) atoms. The molecule has 0 radical (unpaired) electrons. The van der Waals surface area contributed by atoms with Crippen molar-refractivity contribution in [1.82, 2.24) is 15.5 Å². The molecule has 2 heterocycles. The second-order valence-corrected chi connectivity index (χ2v) is 6.79. The average Bonchev–Trinajstić information content (AvgIpc) is 3.27. The number of nitrogens with one attached hydrogen (secondary N) is 1. The van der Waals surface area contributed by atoms with Crippen LogP contribution >= 0.6 is 0 Å². The quantitative estimate of drug-likeness (QED) is 0.808. The number of aromatic nitrogens is 2. The standard InChI is InChI=1S/C18H27N3O3/c1-3-17-20-18(24-21-17)13-6-8-14(9-7-13)19-12(2)11-15(22)16-5-4-10-23-16/h4-5,10,12-15,19,22H,3,6-9,11H2,1-2H3. The number of aliphatic hydroxyl groups is 1. The van der Waals surface area contributed by atoms with E-state index in [4.69, 9.17) is 8.94 Å². The van der Waals surface area contributed by atoms with Crippen LogP contribution in [0.15, 0.2) is 27.3 Å². The molecule has 0 spiro atoms. The zero-order chi connectivity index (χ0) is 16.9. The van der Waals surface area contributed by atoms with E-state index in [1.54, 1.807) is 12.3 Å². The first-order chi connectivity index (χ1) is 11.7. The van der Waals surface area contributed by atoms with Crippen LogP contribution in [0, 0.1) is 0 Å². The Morgan fingerprint density at radius 2 is 2.12 bits per heavy atom. The predicted octanol–water partition coefficient (Wildman–Crippen LogP) is 3.35. The number of nitrogens with zero attached hydrogens (tertiary/aromatic N) is 2. The third-order valence-corrected chi connectivity index (χ3v) is 4.85. The molecule has 0 amide bonds.